The van der Waals surface area contributed by atoms with E-state index in [1.165, 1.54) is 0 Å². The molecule has 0 aromatic heterocycles. The average Bonchev–Trinajstić information content (AvgIpc) is 2.70. The number of hydrogen-bond acceptors (Lipinski definition) is 2. The SMILES string of the molecule is O=C(NC1CCOC1)c1ccc(Cl)cc1Br. The molecule has 0 bridgehead atoms. The molecule has 1 aromatic rings. The van der Waals surface area contributed by atoms with Crippen molar-refractivity contribution in [2.45, 2.75) is 12.5 Å². The molecular formula is C11H11BrClNO2. The summed E-state index contributed by atoms with van der Waals surface area (Å²) in [6, 6.07) is 5.24. The quantitative estimate of drug-likeness (QED) is 0.912. The molecule has 3 nitrogen and oxygen atoms in total. The van der Waals surface area contributed by atoms with Gasteiger partial charge < -0.3 is 10.1 Å². The van der Waals surface area contributed by atoms with E-state index < -0.39 is 0 Å². The number of rotatable bonds is 2. The fourth-order valence-electron chi connectivity index (χ4n) is 1.59. The van der Waals surface area contributed by atoms with Crippen LogP contribution in [0.5, 0.6) is 0 Å². The fourth-order valence-corrected chi connectivity index (χ4v) is 2.45. The summed E-state index contributed by atoms with van der Waals surface area (Å²) in [5.74, 6) is -0.0981. The maximum Gasteiger partial charge on any atom is 0.252 e. The maximum atomic E-state index is 11.9. The van der Waals surface area contributed by atoms with Crippen LogP contribution in [0.15, 0.2) is 22.7 Å². The number of ether oxygens (including phenoxy) is 1. The van der Waals surface area contributed by atoms with Crippen LogP contribution in [0.2, 0.25) is 5.02 Å². The molecule has 1 aliphatic rings. The van der Waals surface area contributed by atoms with Gasteiger partial charge in [0, 0.05) is 16.1 Å². The smallest absolute Gasteiger partial charge is 0.252 e. The van der Waals surface area contributed by atoms with Crippen molar-refractivity contribution in [1.29, 1.82) is 0 Å². The van der Waals surface area contributed by atoms with Gasteiger partial charge in [0.05, 0.1) is 18.2 Å². The van der Waals surface area contributed by atoms with Crippen molar-refractivity contribution in [3.63, 3.8) is 0 Å². The van der Waals surface area contributed by atoms with Crippen LogP contribution in [0.3, 0.4) is 0 Å². The Labute approximate surface area is 107 Å². The molecule has 1 aromatic carbocycles. The van der Waals surface area contributed by atoms with Gasteiger partial charge in [-0.2, -0.15) is 0 Å². The van der Waals surface area contributed by atoms with Gasteiger partial charge in [-0.3, -0.25) is 4.79 Å². The average molecular weight is 305 g/mol. The zero-order valence-corrected chi connectivity index (χ0v) is 10.8. The Kier molecular flexibility index (Phi) is 3.84. The van der Waals surface area contributed by atoms with Gasteiger partial charge in [-0.1, -0.05) is 11.6 Å². The van der Waals surface area contributed by atoms with Crippen LogP contribution < -0.4 is 5.32 Å². The Morgan fingerprint density at radius 2 is 2.38 bits per heavy atom. The van der Waals surface area contributed by atoms with Crippen LogP contribution in [-0.2, 0) is 4.74 Å². The molecule has 16 heavy (non-hydrogen) atoms. The summed E-state index contributed by atoms with van der Waals surface area (Å²) in [7, 11) is 0. The predicted octanol–water partition coefficient (Wildman–Crippen LogP) is 2.62. The molecule has 0 saturated carbocycles. The van der Waals surface area contributed by atoms with Gasteiger partial charge in [0.25, 0.3) is 5.91 Å². The van der Waals surface area contributed by atoms with Crippen molar-refractivity contribution < 1.29 is 9.53 Å². The van der Waals surface area contributed by atoms with E-state index in [1.54, 1.807) is 18.2 Å². The molecule has 0 radical (unpaired) electrons. The molecule has 86 valence electrons. The Morgan fingerprint density at radius 3 is 3.00 bits per heavy atom. The van der Waals surface area contributed by atoms with Gasteiger partial charge in [0.1, 0.15) is 0 Å². The zero-order valence-electron chi connectivity index (χ0n) is 8.50. The van der Waals surface area contributed by atoms with E-state index in [1.807, 2.05) is 0 Å². The van der Waals surface area contributed by atoms with Gasteiger partial charge >= 0.3 is 0 Å². The fraction of sp³-hybridized carbons (Fsp3) is 0.364. The van der Waals surface area contributed by atoms with E-state index in [-0.39, 0.29) is 11.9 Å². The highest BCUT2D eigenvalue weighted by Gasteiger charge is 2.19. The molecule has 5 heteroatoms. The molecule has 1 heterocycles. The third kappa shape index (κ3) is 2.75. The molecule has 0 aliphatic carbocycles. The van der Waals surface area contributed by atoms with Crippen molar-refractivity contribution in [3.05, 3.63) is 33.3 Å². The minimum absolute atomic E-state index is 0.0981. The number of carbonyl (C=O) groups is 1. The first-order chi connectivity index (χ1) is 7.66. The largest absolute Gasteiger partial charge is 0.379 e. The minimum Gasteiger partial charge on any atom is -0.379 e. The summed E-state index contributed by atoms with van der Waals surface area (Å²) in [6.45, 7) is 1.31. The van der Waals surface area contributed by atoms with Crippen molar-refractivity contribution in [3.8, 4) is 0 Å². The first-order valence-corrected chi connectivity index (χ1v) is 6.17. The third-order valence-corrected chi connectivity index (χ3v) is 3.33. The monoisotopic (exact) mass is 303 g/mol. The van der Waals surface area contributed by atoms with Crippen LogP contribution in [-0.4, -0.2) is 25.2 Å². The lowest BCUT2D eigenvalue weighted by Crippen LogP contribution is -2.35. The third-order valence-electron chi connectivity index (χ3n) is 2.44. The molecule has 1 fully saturated rings. The molecule has 1 N–H and O–H groups in total. The molecular weight excluding hydrogens is 293 g/mol. The predicted molar refractivity (Wildman–Crippen MR) is 65.8 cm³/mol. The Bertz CT molecular complexity index is 405. The van der Waals surface area contributed by atoms with E-state index >= 15 is 0 Å². The van der Waals surface area contributed by atoms with Crippen LogP contribution in [0, 0.1) is 0 Å². The van der Waals surface area contributed by atoms with E-state index in [4.69, 9.17) is 16.3 Å². The molecule has 1 atom stereocenters. The van der Waals surface area contributed by atoms with Crippen molar-refractivity contribution in [1.82, 2.24) is 5.32 Å². The highest BCUT2D eigenvalue weighted by Crippen LogP contribution is 2.21. The molecule has 2 rings (SSSR count). The van der Waals surface area contributed by atoms with Crippen molar-refractivity contribution in [2.24, 2.45) is 0 Å². The van der Waals surface area contributed by atoms with E-state index in [0.717, 1.165) is 6.42 Å². The van der Waals surface area contributed by atoms with E-state index in [2.05, 4.69) is 21.2 Å². The van der Waals surface area contributed by atoms with E-state index in [0.29, 0.717) is 28.3 Å². The topological polar surface area (TPSA) is 38.3 Å². The summed E-state index contributed by atoms with van der Waals surface area (Å²) in [5, 5.41) is 3.52. The van der Waals surface area contributed by atoms with Gasteiger partial charge in [-0.25, -0.2) is 0 Å². The second-order valence-electron chi connectivity index (χ2n) is 3.66. The minimum atomic E-state index is -0.0981. The second-order valence-corrected chi connectivity index (χ2v) is 4.95. The summed E-state index contributed by atoms with van der Waals surface area (Å²) in [4.78, 5) is 11.9. The Morgan fingerprint density at radius 1 is 1.56 bits per heavy atom. The number of amides is 1. The number of carbonyl (C=O) groups excluding carboxylic acids is 1. The molecule has 1 unspecified atom stereocenters. The molecule has 1 amide bonds. The molecule has 0 spiro atoms. The van der Waals surface area contributed by atoms with Gasteiger partial charge in [0.15, 0.2) is 0 Å². The zero-order chi connectivity index (χ0) is 11.5. The van der Waals surface area contributed by atoms with Gasteiger partial charge in [-0.15, -0.1) is 0 Å². The van der Waals surface area contributed by atoms with Gasteiger partial charge in [-0.05, 0) is 40.5 Å². The lowest BCUT2D eigenvalue weighted by Gasteiger charge is -2.11. The highest BCUT2D eigenvalue weighted by atomic mass is 79.9. The Balaban J connectivity index is 2.08. The van der Waals surface area contributed by atoms with Gasteiger partial charge in [0.2, 0.25) is 0 Å². The standard InChI is InChI=1S/C11H11BrClNO2/c12-10-5-7(13)1-2-9(10)11(15)14-8-3-4-16-6-8/h1-2,5,8H,3-4,6H2,(H,14,15). The first kappa shape index (κ1) is 11.9. The number of halogens is 2. The van der Waals surface area contributed by atoms with Crippen LogP contribution in [0.25, 0.3) is 0 Å². The number of nitrogens with one attached hydrogen (secondary N) is 1. The van der Waals surface area contributed by atoms with Crippen LogP contribution >= 0.6 is 27.5 Å². The number of hydrogen-bond donors (Lipinski definition) is 1. The summed E-state index contributed by atoms with van der Waals surface area (Å²) >= 11 is 9.13. The second kappa shape index (κ2) is 5.17. The highest BCUT2D eigenvalue weighted by molar-refractivity contribution is 9.10. The summed E-state index contributed by atoms with van der Waals surface area (Å²) < 4.78 is 5.90. The van der Waals surface area contributed by atoms with Crippen LogP contribution in [0.1, 0.15) is 16.8 Å². The van der Waals surface area contributed by atoms with Crippen molar-refractivity contribution in [2.75, 3.05) is 13.2 Å². The lowest BCUT2D eigenvalue weighted by molar-refractivity contribution is 0.0929. The molecule has 1 aliphatic heterocycles. The Hall–Kier alpha value is -0.580. The summed E-state index contributed by atoms with van der Waals surface area (Å²) in [5.41, 5.74) is 0.594. The normalized spacial score (nSPS) is 19.8. The first-order valence-electron chi connectivity index (χ1n) is 5.00. The maximum absolute atomic E-state index is 11.9. The summed E-state index contributed by atoms with van der Waals surface area (Å²) in [6.07, 6.45) is 0.872. The van der Waals surface area contributed by atoms with Crippen molar-refractivity contribution >= 4 is 33.4 Å². The lowest BCUT2D eigenvalue weighted by atomic mass is 10.2. The van der Waals surface area contributed by atoms with Crippen LogP contribution in [0.4, 0.5) is 0 Å². The van der Waals surface area contributed by atoms with E-state index in [9.17, 15) is 4.79 Å². The number of benzene rings is 1. The molecule has 1 saturated heterocycles.